The molecule has 2 fully saturated rings. The van der Waals surface area contributed by atoms with Gasteiger partial charge in [0.15, 0.2) is 0 Å². The minimum atomic E-state index is -0.206. The SMILES string of the molecule is CN(C[C@H]1CCCCN1C)C(=O)CCc1nnc(C2(c3ccc(Cl)cc3)CCC2)o1. The van der Waals surface area contributed by atoms with Crippen LogP contribution in [0.5, 0.6) is 0 Å². The maximum absolute atomic E-state index is 12.6. The smallest absolute Gasteiger partial charge is 0.227 e. The third kappa shape index (κ3) is 4.40. The average Bonchev–Trinajstić information content (AvgIpc) is 3.17. The first-order valence-corrected chi connectivity index (χ1v) is 11.4. The zero-order chi connectivity index (χ0) is 21.1. The number of carbonyl (C=O) groups excluding carboxylic acids is 1. The second kappa shape index (κ2) is 9.06. The Hall–Kier alpha value is -1.92. The highest BCUT2D eigenvalue weighted by atomic mass is 35.5. The largest absolute Gasteiger partial charge is 0.424 e. The van der Waals surface area contributed by atoms with Crippen molar-refractivity contribution in [3.63, 3.8) is 0 Å². The van der Waals surface area contributed by atoms with E-state index in [-0.39, 0.29) is 11.3 Å². The summed E-state index contributed by atoms with van der Waals surface area (Å²) in [5, 5.41) is 9.32. The van der Waals surface area contributed by atoms with Crippen molar-refractivity contribution in [2.24, 2.45) is 0 Å². The van der Waals surface area contributed by atoms with Gasteiger partial charge in [-0.2, -0.15) is 0 Å². The van der Waals surface area contributed by atoms with Gasteiger partial charge in [0.05, 0.1) is 5.41 Å². The molecule has 0 radical (unpaired) electrons. The van der Waals surface area contributed by atoms with Crippen molar-refractivity contribution >= 4 is 17.5 Å². The summed E-state index contributed by atoms with van der Waals surface area (Å²) in [4.78, 5) is 16.8. The number of rotatable bonds is 7. The normalized spacial score (nSPS) is 21.2. The molecule has 1 aliphatic heterocycles. The lowest BCUT2D eigenvalue weighted by atomic mass is 9.64. The highest BCUT2D eigenvalue weighted by Gasteiger charge is 2.45. The molecule has 2 heterocycles. The van der Waals surface area contributed by atoms with Crippen molar-refractivity contribution in [2.75, 3.05) is 27.2 Å². The van der Waals surface area contributed by atoms with Gasteiger partial charge in [0.25, 0.3) is 0 Å². The highest BCUT2D eigenvalue weighted by molar-refractivity contribution is 6.30. The molecule has 162 valence electrons. The molecule has 1 aliphatic carbocycles. The number of likely N-dealkylation sites (N-methyl/N-ethyl adjacent to an activating group) is 2. The van der Waals surface area contributed by atoms with Crippen molar-refractivity contribution in [1.29, 1.82) is 0 Å². The Morgan fingerprint density at radius 3 is 2.67 bits per heavy atom. The maximum atomic E-state index is 12.6. The van der Waals surface area contributed by atoms with Crippen LogP contribution in [0.4, 0.5) is 0 Å². The summed E-state index contributed by atoms with van der Waals surface area (Å²) >= 11 is 6.05. The fraction of sp³-hybridized carbons (Fsp3) is 0.609. The van der Waals surface area contributed by atoms with E-state index in [4.69, 9.17) is 16.0 Å². The molecular formula is C23H31ClN4O2. The third-order valence-corrected chi connectivity index (χ3v) is 7.12. The first-order chi connectivity index (χ1) is 14.5. The van der Waals surface area contributed by atoms with Gasteiger partial charge in [0.2, 0.25) is 17.7 Å². The number of hydrogen-bond donors (Lipinski definition) is 0. The molecule has 7 heteroatoms. The molecule has 0 N–H and O–H groups in total. The van der Waals surface area contributed by atoms with E-state index in [9.17, 15) is 4.79 Å². The van der Waals surface area contributed by atoms with Crippen LogP contribution in [0.15, 0.2) is 28.7 Å². The number of halogens is 1. The molecule has 0 bridgehead atoms. The van der Waals surface area contributed by atoms with Crippen molar-refractivity contribution in [2.45, 2.75) is 62.8 Å². The number of carbonyl (C=O) groups is 1. The van der Waals surface area contributed by atoms with E-state index in [1.54, 1.807) is 0 Å². The summed E-state index contributed by atoms with van der Waals surface area (Å²) in [5.74, 6) is 1.34. The van der Waals surface area contributed by atoms with Crippen LogP contribution in [0.2, 0.25) is 5.02 Å². The first-order valence-electron chi connectivity index (χ1n) is 11.0. The molecule has 0 spiro atoms. The van der Waals surface area contributed by atoms with E-state index >= 15 is 0 Å². The number of nitrogens with zero attached hydrogens (tertiary/aromatic N) is 4. The lowest BCUT2D eigenvalue weighted by molar-refractivity contribution is -0.130. The van der Waals surface area contributed by atoms with Gasteiger partial charge in [-0.25, -0.2) is 0 Å². The summed E-state index contributed by atoms with van der Waals surface area (Å²) < 4.78 is 6.04. The Morgan fingerprint density at radius 2 is 2.00 bits per heavy atom. The van der Waals surface area contributed by atoms with Crippen LogP contribution in [-0.4, -0.2) is 59.1 Å². The number of hydrogen-bond acceptors (Lipinski definition) is 5. The van der Waals surface area contributed by atoms with Crippen LogP contribution >= 0.6 is 11.6 Å². The van der Waals surface area contributed by atoms with Crippen LogP contribution in [0, 0.1) is 0 Å². The zero-order valence-corrected chi connectivity index (χ0v) is 18.7. The van der Waals surface area contributed by atoms with Gasteiger partial charge >= 0.3 is 0 Å². The van der Waals surface area contributed by atoms with E-state index in [1.165, 1.54) is 18.4 Å². The topological polar surface area (TPSA) is 62.5 Å². The number of amides is 1. The van der Waals surface area contributed by atoms with Crippen molar-refractivity contribution < 1.29 is 9.21 Å². The van der Waals surface area contributed by atoms with E-state index in [0.717, 1.165) is 43.8 Å². The predicted octanol–water partition coefficient (Wildman–Crippen LogP) is 4.07. The zero-order valence-electron chi connectivity index (χ0n) is 17.9. The number of aromatic nitrogens is 2. The molecule has 1 amide bonds. The van der Waals surface area contributed by atoms with Crippen LogP contribution < -0.4 is 0 Å². The maximum Gasteiger partial charge on any atom is 0.227 e. The van der Waals surface area contributed by atoms with Crippen LogP contribution in [0.25, 0.3) is 0 Å². The molecule has 30 heavy (non-hydrogen) atoms. The molecule has 1 aromatic heterocycles. The lowest BCUT2D eigenvalue weighted by Crippen LogP contribution is -2.45. The summed E-state index contributed by atoms with van der Waals surface area (Å²) in [6, 6.07) is 8.37. The molecule has 0 unspecified atom stereocenters. The summed E-state index contributed by atoms with van der Waals surface area (Å²) in [5.41, 5.74) is 0.961. The summed E-state index contributed by atoms with van der Waals surface area (Å²) in [6.07, 6.45) is 7.65. The van der Waals surface area contributed by atoms with E-state index in [1.807, 2.05) is 36.2 Å². The number of likely N-dealkylation sites (tertiary alicyclic amines) is 1. The Labute approximate surface area is 183 Å². The van der Waals surface area contributed by atoms with Crippen LogP contribution in [0.1, 0.15) is 62.3 Å². The third-order valence-electron chi connectivity index (χ3n) is 6.86. The first kappa shape index (κ1) is 21.3. The quantitative estimate of drug-likeness (QED) is 0.662. The molecule has 1 saturated carbocycles. The fourth-order valence-electron chi connectivity index (χ4n) is 4.67. The van der Waals surface area contributed by atoms with E-state index in [0.29, 0.717) is 30.7 Å². The van der Waals surface area contributed by atoms with E-state index in [2.05, 4.69) is 22.1 Å². The standard InChI is InChI=1S/C23H31ClN4O2/c1-27-15-4-3-6-19(27)16-28(2)21(29)12-11-20-25-26-22(30-20)23(13-5-14-23)17-7-9-18(24)10-8-17/h7-10,19H,3-6,11-16H2,1-2H3/t19-/m1/s1. The highest BCUT2D eigenvalue weighted by Crippen LogP contribution is 2.48. The summed E-state index contributed by atoms with van der Waals surface area (Å²) in [6.45, 7) is 1.90. The fourth-order valence-corrected chi connectivity index (χ4v) is 4.80. The Kier molecular flexibility index (Phi) is 6.44. The van der Waals surface area contributed by atoms with Crippen LogP contribution in [0.3, 0.4) is 0 Å². The number of aryl methyl sites for hydroxylation is 1. The van der Waals surface area contributed by atoms with Crippen LogP contribution in [-0.2, 0) is 16.6 Å². The summed E-state index contributed by atoms with van der Waals surface area (Å²) in [7, 11) is 4.05. The molecular weight excluding hydrogens is 400 g/mol. The van der Waals surface area contributed by atoms with Gasteiger partial charge < -0.3 is 14.2 Å². The monoisotopic (exact) mass is 430 g/mol. The molecule has 6 nitrogen and oxygen atoms in total. The van der Waals surface area contributed by atoms with Gasteiger partial charge in [-0.15, -0.1) is 10.2 Å². The second-order valence-electron chi connectivity index (χ2n) is 8.85. The average molecular weight is 431 g/mol. The van der Waals surface area contributed by atoms with Crippen molar-refractivity contribution in [1.82, 2.24) is 20.0 Å². The van der Waals surface area contributed by atoms with Gasteiger partial charge in [0, 0.05) is 37.5 Å². The van der Waals surface area contributed by atoms with Gasteiger partial charge in [-0.05, 0) is 57.0 Å². The molecule has 2 aromatic rings. The van der Waals surface area contributed by atoms with Gasteiger partial charge in [-0.3, -0.25) is 4.79 Å². The minimum absolute atomic E-state index is 0.129. The Bertz CT molecular complexity index is 862. The van der Waals surface area contributed by atoms with Crippen molar-refractivity contribution in [3.05, 3.63) is 46.6 Å². The molecule has 2 aliphatic rings. The van der Waals surface area contributed by atoms with Crippen molar-refractivity contribution in [3.8, 4) is 0 Å². The Balaban J connectivity index is 1.35. The number of piperidine rings is 1. The van der Waals surface area contributed by atoms with Gasteiger partial charge in [0.1, 0.15) is 0 Å². The molecule has 1 atom stereocenters. The minimum Gasteiger partial charge on any atom is -0.424 e. The van der Waals surface area contributed by atoms with Gasteiger partial charge in [-0.1, -0.05) is 36.6 Å². The lowest BCUT2D eigenvalue weighted by Gasteiger charge is -2.39. The molecule has 4 rings (SSSR count). The molecule has 1 aromatic carbocycles. The predicted molar refractivity (Wildman–Crippen MR) is 117 cm³/mol. The molecule has 1 saturated heterocycles. The van der Waals surface area contributed by atoms with E-state index < -0.39 is 0 Å². The number of benzene rings is 1. The second-order valence-corrected chi connectivity index (χ2v) is 9.28. The Morgan fingerprint density at radius 1 is 1.23 bits per heavy atom.